The Morgan fingerprint density at radius 1 is 1.43 bits per heavy atom. The van der Waals surface area contributed by atoms with Gasteiger partial charge in [0.2, 0.25) is 5.88 Å². The Kier molecular flexibility index (Phi) is 4.81. The van der Waals surface area contributed by atoms with E-state index in [1.807, 2.05) is 6.92 Å². The maximum Gasteiger partial charge on any atom is 0.335 e. The zero-order chi connectivity index (χ0) is 15.4. The van der Waals surface area contributed by atoms with Gasteiger partial charge in [-0.25, -0.2) is 9.36 Å². The van der Waals surface area contributed by atoms with Gasteiger partial charge >= 0.3 is 5.69 Å². The molecule has 2 unspecified atom stereocenters. The fraction of sp³-hybridized carbons (Fsp3) is 0.538. The molecule has 1 aliphatic rings. The number of nitrogens with zero attached hydrogens (tertiary/aromatic N) is 1. The van der Waals surface area contributed by atoms with Crippen LogP contribution in [0.2, 0.25) is 0 Å². The van der Waals surface area contributed by atoms with Gasteiger partial charge in [-0.2, -0.15) is 0 Å². The van der Waals surface area contributed by atoms with E-state index in [1.54, 1.807) is 0 Å². The molecule has 2 N–H and O–H groups in total. The van der Waals surface area contributed by atoms with Crippen LogP contribution in [0.5, 0.6) is 0 Å². The molecule has 0 aromatic carbocycles. The summed E-state index contributed by atoms with van der Waals surface area (Å²) in [7, 11) is 1.53. The zero-order valence-electron chi connectivity index (χ0n) is 11.9. The van der Waals surface area contributed by atoms with Crippen LogP contribution in [0, 0.1) is 0 Å². The van der Waals surface area contributed by atoms with Crippen LogP contribution < -0.4 is 11.2 Å². The van der Waals surface area contributed by atoms with Gasteiger partial charge in [0.25, 0.3) is 5.56 Å². The van der Waals surface area contributed by atoms with Gasteiger partial charge in [0.1, 0.15) is 12.7 Å². The van der Waals surface area contributed by atoms with E-state index in [-0.39, 0.29) is 18.2 Å². The van der Waals surface area contributed by atoms with Crippen LogP contribution in [-0.4, -0.2) is 47.2 Å². The predicted molar refractivity (Wildman–Crippen MR) is 73.5 cm³/mol. The number of aliphatic hydroxyl groups is 1. The molecule has 8 heteroatoms. The first kappa shape index (κ1) is 15.3. The Hall–Kier alpha value is -2.06. The summed E-state index contributed by atoms with van der Waals surface area (Å²) in [4.78, 5) is 25.1. The summed E-state index contributed by atoms with van der Waals surface area (Å²) >= 11 is 0. The molecule has 0 fully saturated rings. The van der Waals surface area contributed by atoms with E-state index in [0.717, 1.165) is 4.57 Å². The van der Waals surface area contributed by atoms with Crippen molar-refractivity contribution in [2.45, 2.75) is 25.6 Å². The van der Waals surface area contributed by atoms with Crippen LogP contribution in [0.1, 0.15) is 13.3 Å². The van der Waals surface area contributed by atoms with Gasteiger partial charge in [0, 0.05) is 19.4 Å². The number of ether oxygens (including phenoxy) is 3. The van der Waals surface area contributed by atoms with E-state index < -0.39 is 23.5 Å². The highest BCUT2D eigenvalue weighted by Crippen LogP contribution is 2.30. The SMILES string of the molecule is CCC1OC(n2ccc(=O)[nH]c2=O)=C(OCCOC)C1O. The van der Waals surface area contributed by atoms with Crippen LogP contribution in [0.15, 0.2) is 27.6 Å². The van der Waals surface area contributed by atoms with Gasteiger partial charge in [-0.05, 0) is 6.42 Å². The summed E-state index contributed by atoms with van der Waals surface area (Å²) in [6.07, 6.45) is 0.345. The molecule has 0 spiro atoms. The third-order valence-corrected chi connectivity index (χ3v) is 3.08. The van der Waals surface area contributed by atoms with Crippen molar-refractivity contribution in [2.24, 2.45) is 0 Å². The molecule has 1 aliphatic heterocycles. The number of hydrogen-bond donors (Lipinski definition) is 2. The van der Waals surface area contributed by atoms with Crippen molar-refractivity contribution in [2.75, 3.05) is 20.3 Å². The fourth-order valence-corrected chi connectivity index (χ4v) is 2.00. The smallest absolute Gasteiger partial charge is 0.335 e. The van der Waals surface area contributed by atoms with Crippen LogP contribution in [0.4, 0.5) is 0 Å². The van der Waals surface area contributed by atoms with Gasteiger partial charge in [-0.15, -0.1) is 0 Å². The van der Waals surface area contributed by atoms with Crippen LogP contribution >= 0.6 is 0 Å². The number of nitrogens with one attached hydrogen (secondary N) is 1. The Balaban J connectivity index is 2.38. The Bertz CT molecular complexity index is 632. The lowest BCUT2D eigenvalue weighted by Crippen LogP contribution is -2.29. The van der Waals surface area contributed by atoms with E-state index >= 15 is 0 Å². The molecule has 2 rings (SSSR count). The number of rotatable bonds is 6. The standard InChI is InChI=1S/C13H18N2O6/c1-3-8-10(17)11(20-7-6-19-2)12(21-8)15-5-4-9(16)14-13(15)18/h4-5,8,10,17H,3,6-7H2,1-2H3,(H,14,16,18). The highest BCUT2D eigenvalue weighted by atomic mass is 16.6. The van der Waals surface area contributed by atoms with Gasteiger partial charge in [-0.3, -0.25) is 9.78 Å². The number of methoxy groups -OCH3 is 1. The van der Waals surface area contributed by atoms with E-state index in [1.165, 1.54) is 19.4 Å². The van der Waals surface area contributed by atoms with Gasteiger partial charge in [0.15, 0.2) is 11.9 Å². The molecule has 21 heavy (non-hydrogen) atoms. The van der Waals surface area contributed by atoms with Crippen LogP contribution in [-0.2, 0) is 14.2 Å². The van der Waals surface area contributed by atoms with Crippen molar-refractivity contribution < 1.29 is 19.3 Å². The largest absolute Gasteiger partial charge is 0.487 e. The first-order valence-corrected chi connectivity index (χ1v) is 6.61. The van der Waals surface area contributed by atoms with Crippen molar-refractivity contribution in [1.29, 1.82) is 0 Å². The summed E-state index contributed by atoms with van der Waals surface area (Å²) < 4.78 is 17.0. The lowest BCUT2D eigenvalue weighted by atomic mass is 10.1. The van der Waals surface area contributed by atoms with Crippen molar-refractivity contribution in [3.63, 3.8) is 0 Å². The number of hydrogen-bond acceptors (Lipinski definition) is 6. The lowest BCUT2D eigenvalue weighted by molar-refractivity contribution is 0.0281. The number of H-pyrrole nitrogens is 1. The van der Waals surface area contributed by atoms with Gasteiger partial charge in [-0.1, -0.05) is 6.92 Å². The summed E-state index contributed by atoms with van der Waals surface area (Å²) in [6, 6.07) is 1.19. The van der Waals surface area contributed by atoms with Crippen LogP contribution in [0.3, 0.4) is 0 Å². The second kappa shape index (κ2) is 6.59. The minimum absolute atomic E-state index is 0.0895. The number of aromatic amines is 1. The second-order valence-electron chi connectivity index (χ2n) is 4.50. The molecule has 116 valence electrons. The molecule has 0 saturated carbocycles. The molecular formula is C13H18N2O6. The summed E-state index contributed by atoms with van der Waals surface area (Å²) in [5.74, 6) is 0.250. The average Bonchev–Trinajstić information content (AvgIpc) is 2.76. The minimum atomic E-state index is -0.972. The molecule has 1 aromatic rings. The molecule has 0 aliphatic carbocycles. The fourth-order valence-electron chi connectivity index (χ4n) is 2.00. The van der Waals surface area contributed by atoms with Gasteiger partial charge in [0.05, 0.1) is 6.61 Å². The zero-order valence-corrected chi connectivity index (χ0v) is 11.9. The highest BCUT2D eigenvalue weighted by molar-refractivity contribution is 5.46. The molecular weight excluding hydrogens is 280 g/mol. The lowest BCUT2D eigenvalue weighted by Gasteiger charge is -2.13. The summed E-state index contributed by atoms with van der Waals surface area (Å²) in [5.41, 5.74) is -1.17. The average molecular weight is 298 g/mol. The van der Waals surface area contributed by atoms with Gasteiger partial charge < -0.3 is 19.3 Å². The summed E-state index contributed by atoms with van der Waals surface area (Å²) in [6.45, 7) is 2.39. The van der Waals surface area contributed by atoms with E-state index in [0.29, 0.717) is 13.0 Å². The van der Waals surface area contributed by atoms with Crippen molar-refractivity contribution >= 4 is 5.88 Å². The summed E-state index contributed by atoms with van der Waals surface area (Å²) in [5, 5.41) is 10.2. The second-order valence-corrected chi connectivity index (χ2v) is 4.50. The van der Waals surface area contributed by atoms with E-state index in [9.17, 15) is 14.7 Å². The molecule has 2 heterocycles. The maximum atomic E-state index is 11.8. The topological polar surface area (TPSA) is 103 Å². The molecule has 8 nitrogen and oxygen atoms in total. The third-order valence-electron chi connectivity index (χ3n) is 3.08. The molecule has 0 amide bonds. The molecule has 1 aromatic heterocycles. The predicted octanol–water partition coefficient (Wildman–Crippen LogP) is -0.505. The Labute approximate surface area is 120 Å². The molecule has 0 saturated heterocycles. The first-order chi connectivity index (χ1) is 10.1. The van der Waals surface area contributed by atoms with E-state index in [4.69, 9.17) is 14.2 Å². The highest BCUT2D eigenvalue weighted by Gasteiger charge is 2.37. The van der Waals surface area contributed by atoms with Crippen molar-refractivity contribution in [3.05, 3.63) is 38.9 Å². The number of aliphatic hydroxyl groups excluding tert-OH is 1. The Morgan fingerprint density at radius 2 is 2.19 bits per heavy atom. The Morgan fingerprint density at radius 3 is 2.81 bits per heavy atom. The molecule has 0 radical (unpaired) electrons. The maximum absolute atomic E-state index is 11.8. The normalized spacial score (nSPS) is 21.5. The number of aromatic nitrogens is 2. The van der Waals surface area contributed by atoms with Crippen molar-refractivity contribution in [1.82, 2.24) is 9.55 Å². The third kappa shape index (κ3) is 3.17. The van der Waals surface area contributed by atoms with E-state index in [2.05, 4.69) is 4.98 Å². The first-order valence-electron chi connectivity index (χ1n) is 6.61. The molecule has 2 atom stereocenters. The van der Waals surface area contributed by atoms with Crippen LogP contribution in [0.25, 0.3) is 5.88 Å². The monoisotopic (exact) mass is 298 g/mol. The van der Waals surface area contributed by atoms with Crippen molar-refractivity contribution in [3.8, 4) is 0 Å². The quantitative estimate of drug-likeness (QED) is 0.686. The molecule has 0 bridgehead atoms. The minimum Gasteiger partial charge on any atom is -0.487 e.